The molecule has 2 heterocycles. The van der Waals surface area contributed by atoms with Gasteiger partial charge in [0.15, 0.2) is 0 Å². The number of nitrogens with zero attached hydrogens (tertiary/aromatic N) is 4. The van der Waals surface area contributed by atoms with Gasteiger partial charge in [-0.1, -0.05) is 30.3 Å². The minimum Gasteiger partial charge on any atom is -0.360 e. The first kappa shape index (κ1) is 15.2. The van der Waals surface area contributed by atoms with Crippen molar-refractivity contribution in [1.82, 2.24) is 14.4 Å². The highest BCUT2D eigenvalue weighted by atomic mass is 35.5. The van der Waals surface area contributed by atoms with Crippen LogP contribution in [0, 0.1) is 0 Å². The van der Waals surface area contributed by atoms with Crippen molar-refractivity contribution >= 4 is 17.7 Å². The summed E-state index contributed by atoms with van der Waals surface area (Å²) in [5.74, 6) is 0.681. The second kappa shape index (κ2) is 7.05. The van der Waals surface area contributed by atoms with Gasteiger partial charge in [0.05, 0.1) is 12.6 Å². The van der Waals surface area contributed by atoms with Gasteiger partial charge in [-0.15, -0.1) is 0 Å². The summed E-state index contributed by atoms with van der Waals surface area (Å²) in [7, 11) is 1.69. The smallest absolute Gasteiger partial charge is 0.227 e. The van der Waals surface area contributed by atoms with Crippen molar-refractivity contribution in [3.63, 3.8) is 0 Å². The fourth-order valence-electron chi connectivity index (χ4n) is 2.84. The highest BCUT2D eigenvalue weighted by molar-refractivity contribution is 6.13. The summed E-state index contributed by atoms with van der Waals surface area (Å²) < 4.78 is 7.40. The Hall–Kier alpha value is -1.69. The molecule has 22 heavy (non-hydrogen) atoms. The van der Waals surface area contributed by atoms with Crippen molar-refractivity contribution in [3.8, 4) is 0 Å². The van der Waals surface area contributed by atoms with Crippen molar-refractivity contribution in [2.45, 2.75) is 18.7 Å². The number of ether oxygens (including phenoxy) is 1. The van der Waals surface area contributed by atoms with E-state index in [1.807, 2.05) is 24.3 Å². The summed E-state index contributed by atoms with van der Waals surface area (Å²) in [6, 6.07) is 12.3. The van der Waals surface area contributed by atoms with Crippen LogP contribution in [0.2, 0.25) is 0 Å². The molecule has 0 spiro atoms. The lowest BCUT2D eigenvalue weighted by atomic mass is 10.0. The van der Waals surface area contributed by atoms with Crippen molar-refractivity contribution in [1.29, 1.82) is 0 Å². The molecule has 1 aliphatic rings. The van der Waals surface area contributed by atoms with E-state index in [4.69, 9.17) is 16.5 Å². The van der Waals surface area contributed by atoms with Crippen molar-refractivity contribution < 1.29 is 4.74 Å². The Labute approximate surface area is 135 Å². The van der Waals surface area contributed by atoms with E-state index in [-0.39, 0.29) is 12.3 Å². The first-order valence-corrected chi connectivity index (χ1v) is 7.64. The Kier molecular flexibility index (Phi) is 4.87. The number of methoxy groups -OCH3 is 1. The average molecular weight is 319 g/mol. The van der Waals surface area contributed by atoms with E-state index < -0.39 is 0 Å². The van der Waals surface area contributed by atoms with E-state index in [9.17, 15) is 0 Å². The average Bonchev–Trinajstić information content (AvgIpc) is 2.56. The molecule has 1 saturated heterocycles. The van der Waals surface area contributed by atoms with Crippen LogP contribution in [-0.4, -0.2) is 46.9 Å². The summed E-state index contributed by atoms with van der Waals surface area (Å²) in [6.45, 7) is 1.34. The van der Waals surface area contributed by atoms with Gasteiger partial charge in [-0.05, 0) is 29.8 Å². The Morgan fingerprint density at radius 1 is 1.14 bits per heavy atom. The number of anilines is 1. The number of hydrogen-bond acceptors (Lipinski definition) is 5. The van der Waals surface area contributed by atoms with E-state index in [1.54, 1.807) is 23.9 Å². The van der Waals surface area contributed by atoms with E-state index in [0.29, 0.717) is 12.5 Å². The highest BCUT2D eigenvalue weighted by Gasteiger charge is 2.35. The van der Waals surface area contributed by atoms with Gasteiger partial charge in [-0.3, -0.25) is 0 Å². The summed E-state index contributed by atoms with van der Waals surface area (Å²) in [5, 5.41) is 0. The second-order valence-electron chi connectivity index (χ2n) is 5.32. The van der Waals surface area contributed by atoms with Crippen LogP contribution >= 0.6 is 11.8 Å². The van der Waals surface area contributed by atoms with E-state index in [2.05, 4.69) is 27.0 Å². The molecule has 1 aromatic carbocycles. The van der Waals surface area contributed by atoms with Crippen LogP contribution in [0.3, 0.4) is 0 Å². The largest absolute Gasteiger partial charge is 0.360 e. The molecule has 1 aliphatic heterocycles. The third-order valence-corrected chi connectivity index (χ3v) is 4.11. The molecule has 2 atom stereocenters. The molecule has 1 fully saturated rings. The lowest BCUT2D eigenvalue weighted by Gasteiger charge is -2.43. The molecule has 5 nitrogen and oxygen atoms in total. The molecule has 2 unspecified atom stereocenters. The van der Waals surface area contributed by atoms with Crippen LogP contribution < -0.4 is 4.90 Å². The first-order chi connectivity index (χ1) is 10.8. The molecule has 0 radical (unpaired) electrons. The monoisotopic (exact) mass is 318 g/mol. The maximum Gasteiger partial charge on any atom is 0.227 e. The molecule has 0 N–H and O–H groups in total. The zero-order valence-electron chi connectivity index (χ0n) is 12.5. The third kappa shape index (κ3) is 3.38. The highest BCUT2D eigenvalue weighted by Crippen LogP contribution is 2.25. The fraction of sp³-hybridized carbons (Fsp3) is 0.375. The SMILES string of the molecule is COC1CN(Cl)CC(Cc2ccccc2)N1c1ncccn1. The zero-order valence-corrected chi connectivity index (χ0v) is 13.2. The van der Waals surface area contributed by atoms with Gasteiger partial charge < -0.3 is 9.64 Å². The van der Waals surface area contributed by atoms with Crippen molar-refractivity contribution in [3.05, 3.63) is 54.4 Å². The van der Waals surface area contributed by atoms with Gasteiger partial charge in [0.1, 0.15) is 6.23 Å². The van der Waals surface area contributed by atoms with Crippen LogP contribution in [0.15, 0.2) is 48.8 Å². The van der Waals surface area contributed by atoms with Gasteiger partial charge >= 0.3 is 0 Å². The molecule has 2 aromatic rings. The zero-order chi connectivity index (χ0) is 15.4. The Balaban J connectivity index is 1.89. The summed E-state index contributed by atoms with van der Waals surface area (Å²) >= 11 is 6.29. The second-order valence-corrected chi connectivity index (χ2v) is 5.80. The van der Waals surface area contributed by atoms with Crippen LogP contribution in [0.4, 0.5) is 5.95 Å². The van der Waals surface area contributed by atoms with Gasteiger partial charge in [-0.25, -0.2) is 14.4 Å². The summed E-state index contributed by atoms with van der Waals surface area (Å²) in [4.78, 5) is 10.9. The van der Waals surface area contributed by atoms with E-state index in [1.165, 1.54) is 5.56 Å². The maximum atomic E-state index is 6.29. The summed E-state index contributed by atoms with van der Waals surface area (Å²) in [6.07, 6.45) is 4.20. The minimum atomic E-state index is -0.164. The predicted molar refractivity (Wildman–Crippen MR) is 86.7 cm³/mol. The Bertz CT molecular complexity index is 583. The first-order valence-electron chi connectivity index (χ1n) is 7.30. The quantitative estimate of drug-likeness (QED) is 0.809. The van der Waals surface area contributed by atoms with E-state index in [0.717, 1.165) is 13.0 Å². The molecule has 0 amide bonds. The normalized spacial score (nSPS) is 22.7. The number of hydrogen-bond donors (Lipinski definition) is 0. The van der Waals surface area contributed by atoms with Gasteiger partial charge in [0.25, 0.3) is 0 Å². The number of halogens is 1. The van der Waals surface area contributed by atoms with Crippen LogP contribution in [0.5, 0.6) is 0 Å². The molecule has 0 saturated carbocycles. The van der Waals surface area contributed by atoms with Gasteiger partial charge in [-0.2, -0.15) is 0 Å². The molecular formula is C16H19ClN4O. The molecule has 116 valence electrons. The summed E-state index contributed by atoms with van der Waals surface area (Å²) in [5.41, 5.74) is 1.26. The standard InChI is InChI=1S/C16H19ClN4O/c1-22-15-12-20(17)11-14(10-13-6-3-2-4-7-13)21(15)16-18-8-5-9-19-16/h2-9,14-15H,10-12H2,1H3. The molecule has 3 rings (SSSR count). The van der Waals surface area contributed by atoms with Crippen molar-refractivity contribution in [2.24, 2.45) is 0 Å². The molecule has 1 aromatic heterocycles. The topological polar surface area (TPSA) is 41.5 Å². The number of aromatic nitrogens is 2. The van der Waals surface area contributed by atoms with Gasteiger partial charge in [0, 0.05) is 26.0 Å². The minimum absolute atomic E-state index is 0.154. The number of piperazine rings is 1. The molecule has 0 aliphatic carbocycles. The molecule has 0 bridgehead atoms. The predicted octanol–water partition coefficient (Wildman–Crippen LogP) is 2.34. The molecular weight excluding hydrogens is 300 g/mol. The number of benzene rings is 1. The van der Waals surface area contributed by atoms with Crippen LogP contribution in [0.1, 0.15) is 5.56 Å². The van der Waals surface area contributed by atoms with E-state index >= 15 is 0 Å². The lowest BCUT2D eigenvalue weighted by molar-refractivity contribution is 0.0508. The fourth-order valence-corrected chi connectivity index (χ4v) is 3.11. The third-order valence-electron chi connectivity index (χ3n) is 3.84. The Morgan fingerprint density at radius 3 is 2.55 bits per heavy atom. The van der Waals surface area contributed by atoms with Crippen LogP contribution in [0.25, 0.3) is 0 Å². The number of rotatable bonds is 4. The van der Waals surface area contributed by atoms with Crippen molar-refractivity contribution in [2.75, 3.05) is 25.1 Å². The maximum absolute atomic E-state index is 6.29. The lowest BCUT2D eigenvalue weighted by Crippen LogP contribution is -2.58. The molecule has 6 heteroatoms. The van der Waals surface area contributed by atoms with Gasteiger partial charge in [0.2, 0.25) is 5.95 Å². The van der Waals surface area contributed by atoms with Crippen LogP contribution in [-0.2, 0) is 11.2 Å². The Morgan fingerprint density at radius 2 is 1.86 bits per heavy atom.